The molecule has 136 valence electrons. The zero-order chi connectivity index (χ0) is 18.6. The van der Waals surface area contributed by atoms with E-state index in [1.54, 1.807) is 18.0 Å². The van der Waals surface area contributed by atoms with Gasteiger partial charge in [0.2, 0.25) is 5.91 Å². The Morgan fingerprint density at radius 2 is 2.08 bits per heavy atom. The SMILES string of the molecule is Cc1cccc2c(=O)n(CCC(=O)N(C)CCC(N)C(C)C)cnc12. The molecule has 0 bridgehead atoms. The van der Waals surface area contributed by atoms with Crippen LogP contribution in [0.3, 0.4) is 0 Å². The van der Waals surface area contributed by atoms with E-state index in [9.17, 15) is 9.59 Å². The molecule has 0 saturated carbocycles. The molecule has 0 spiro atoms. The van der Waals surface area contributed by atoms with Crippen LogP contribution in [0.15, 0.2) is 29.3 Å². The van der Waals surface area contributed by atoms with Crippen molar-refractivity contribution in [1.29, 1.82) is 0 Å². The van der Waals surface area contributed by atoms with Gasteiger partial charge < -0.3 is 10.6 Å². The third kappa shape index (κ3) is 4.66. The zero-order valence-corrected chi connectivity index (χ0v) is 15.5. The molecule has 0 aliphatic heterocycles. The van der Waals surface area contributed by atoms with E-state index in [4.69, 9.17) is 5.73 Å². The molecular weight excluding hydrogens is 316 g/mol. The standard InChI is InChI=1S/C19H28N4O2/c1-13(2)16(20)8-10-22(4)17(24)9-11-23-12-21-18-14(3)6-5-7-15(18)19(23)25/h5-7,12-13,16H,8-11,20H2,1-4H3. The van der Waals surface area contributed by atoms with Crippen LogP contribution < -0.4 is 11.3 Å². The van der Waals surface area contributed by atoms with Gasteiger partial charge in [-0.1, -0.05) is 26.0 Å². The van der Waals surface area contributed by atoms with Gasteiger partial charge in [0.25, 0.3) is 5.56 Å². The third-order valence-corrected chi connectivity index (χ3v) is 4.70. The van der Waals surface area contributed by atoms with Crippen molar-refractivity contribution in [2.45, 2.75) is 46.2 Å². The molecule has 6 heteroatoms. The molecule has 0 aliphatic rings. The van der Waals surface area contributed by atoms with E-state index in [-0.39, 0.29) is 23.9 Å². The van der Waals surface area contributed by atoms with Gasteiger partial charge >= 0.3 is 0 Å². The smallest absolute Gasteiger partial charge is 0.261 e. The Labute approximate surface area is 148 Å². The van der Waals surface area contributed by atoms with Gasteiger partial charge in [0.1, 0.15) is 0 Å². The molecule has 2 aromatic rings. The van der Waals surface area contributed by atoms with Crippen molar-refractivity contribution in [1.82, 2.24) is 14.5 Å². The summed E-state index contributed by atoms with van der Waals surface area (Å²) in [6.45, 7) is 7.04. The predicted octanol–water partition coefficient (Wildman–Crippen LogP) is 1.93. The normalized spacial score (nSPS) is 12.6. The highest BCUT2D eigenvalue weighted by Gasteiger charge is 2.13. The van der Waals surface area contributed by atoms with E-state index >= 15 is 0 Å². The van der Waals surface area contributed by atoms with Crippen LogP contribution in [0.2, 0.25) is 0 Å². The number of nitrogens with two attached hydrogens (primary N) is 1. The second-order valence-electron chi connectivity index (χ2n) is 6.98. The fourth-order valence-corrected chi connectivity index (χ4v) is 2.70. The first kappa shape index (κ1) is 19.1. The maximum Gasteiger partial charge on any atom is 0.261 e. The number of nitrogens with zero attached hydrogens (tertiary/aromatic N) is 3. The average molecular weight is 344 g/mol. The number of carbonyl (C=O) groups is 1. The van der Waals surface area contributed by atoms with Crippen molar-refractivity contribution in [3.8, 4) is 0 Å². The van der Waals surface area contributed by atoms with Gasteiger partial charge in [-0.15, -0.1) is 0 Å². The van der Waals surface area contributed by atoms with Gasteiger partial charge in [0.15, 0.2) is 0 Å². The Bertz CT molecular complexity index is 798. The molecule has 1 amide bonds. The summed E-state index contributed by atoms with van der Waals surface area (Å²) in [5.74, 6) is 0.404. The number of rotatable bonds is 7. The highest BCUT2D eigenvalue weighted by molar-refractivity contribution is 5.80. The highest BCUT2D eigenvalue weighted by Crippen LogP contribution is 2.11. The van der Waals surface area contributed by atoms with E-state index < -0.39 is 0 Å². The molecule has 1 heterocycles. The molecule has 0 fully saturated rings. The van der Waals surface area contributed by atoms with Crippen molar-refractivity contribution < 1.29 is 4.79 Å². The van der Waals surface area contributed by atoms with Crippen LogP contribution in [0.25, 0.3) is 10.9 Å². The van der Waals surface area contributed by atoms with Gasteiger partial charge in [-0.3, -0.25) is 14.2 Å². The van der Waals surface area contributed by atoms with Crippen molar-refractivity contribution >= 4 is 16.8 Å². The van der Waals surface area contributed by atoms with E-state index in [0.29, 0.717) is 24.4 Å². The predicted molar refractivity (Wildman–Crippen MR) is 100 cm³/mol. The fourth-order valence-electron chi connectivity index (χ4n) is 2.70. The molecule has 2 N–H and O–H groups in total. The molecular formula is C19H28N4O2. The number of carbonyl (C=O) groups excluding carboxylic acids is 1. The lowest BCUT2D eigenvalue weighted by Crippen LogP contribution is -2.35. The lowest BCUT2D eigenvalue weighted by atomic mass is 10.0. The zero-order valence-electron chi connectivity index (χ0n) is 15.5. The second kappa shape index (κ2) is 8.25. The fraction of sp³-hybridized carbons (Fsp3) is 0.526. The first-order chi connectivity index (χ1) is 11.8. The molecule has 1 aromatic heterocycles. The quantitative estimate of drug-likeness (QED) is 0.832. The summed E-state index contributed by atoms with van der Waals surface area (Å²) in [6, 6.07) is 5.64. The summed E-state index contributed by atoms with van der Waals surface area (Å²) in [7, 11) is 1.78. The van der Waals surface area contributed by atoms with Crippen molar-refractivity contribution in [3.05, 3.63) is 40.4 Å². The molecule has 0 aliphatic carbocycles. The number of benzene rings is 1. The van der Waals surface area contributed by atoms with Crippen LogP contribution >= 0.6 is 0 Å². The summed E-state index contributed by atoms with van der Waals surface area (Å²) >= 11 is 0. The van der Waals surface area contributed by atoms with Crippen molar-refractivity contribution in [2.24, 2.45) is 11.7 Å². The van der Waals surface area contributed by atoms with Crippen LogP contribution in [0.1, 0.15) is 32.3 Å². The third-order valence-electron chi connectivity index (χ3n) is 4.70. The molecule has 0 radical (unpaired) electrons. The number of hydrogen-bond acceptors (Lipinski definition) is 4. The lowest BCUT2D eigenvalue weighted by Gasteiger charge is -2.21. The second-order valence-corrected chi connectivity index (χ2v) is 6.98. The minimum atomic E-state index is -0.106. The van der Waals surface area contributed by atoms with Crippen molar-refractivity contribution in [3.63, 3.8) is 0 Å². The minimum Gasteiger partial charge on any atom is -0.346 e. The average Bonchev–Trinajstić information content (AvgIpc) is 2.59. The topological polar surface area (TPSA) is 81.2 Å². The largest absolute Gasteiger partial charge is 0.346 e. The Balaban J connectivity index is 1.99. The van der Waals surface area contributed by atoms with Crippen molar-refractivity contribution in [2.75, 3.05) is 13.6 Å². The Kier molecular flexibility index (Phi) is 6.31. The Hall–Kier alpha value is -2.21. The summed E-state index contributed by atoms with van der Waals surface area (Å²) in [5, 5.41) is 0.589. The van der Waals surface area contributed by atoms with Gasteiger partial charge in [-0.2, -0.15) is 0 Å². The number of amides is 1. The molecule has 1 aromatic carbocycles. The lowest BCUT2D eigenvalue weighted by molar-refractivity contribution is -0.130. The van der Waals surface area contributed by atoms with E-state index in [2.05, 4.69) is 18.8 Å². The maximum atomic E-state index is 12.5. The Morgan fingerprint density at radius 3 is 2.76 bits per heavy atom. The maximum absolute atomic E-state index is 12.5. The number of para-hydroxylation sites is 1. The molecule has 25 heavy (non-hydrogen) atoms. The molecule has 6 nitrogen and oxygen atoms in total. The minimum absolute atomic E-state index is 0.00666. The highest BCUT2D eigenvalue weighted by atomic mass is 16.2. The van der Waals surface area contributed by atoms with Gasteiger partial charge in [0.05, 0.1) is 17.2 Å². The van der Waals surface area contributed by atoms with Crippen LogP contribution in [-0.2, 0) is 11.3 Å². The first-order valence-electron chi connectivity index (χ1n) is 8.75. The first-order valence-corrected chi connectivity index (χ1v) is 8.75. The van der Waals surface area contributed by atoms with Crippen LogP contribution in [0.4, 0.5) is 0 Å². The molecule has 1 atom stereocenters. The van der Waals surface area contributed by atoms with Gasteiger partial charge in [-0.25, -0.2) is 4.98 Å². The number of aromatic nitrogens is 2. The molecule has 1 unspecified atom stereocenters. The van der Waals surface area contributed by atoms with E-state index in [1.807, 2.05) is 19.1 Å². The summed E-state index contributed by atoms with van der Waals surface area (Å²) < 4.78 is 1.51. The number of aryl methyl sites for hydroxylation is 2. The van der Waals surface area contributed by atoms with Gasteiger partial charge in [-0.05, 0) is 30.9 Å². The Morgan fingerprint density at radius 1 is 1.36 bits per heavy atom. The summed E-state index contributed by atoms with van der Waals surface area (Å²) in [6.07, 6.45) is 2.57. The van der Waals surface area contributed by atoms with Gasteiger partial charge in [0, 0.05) is 32.6 Å². The summed E-state index contributed by atoms with van der Waals surface area (Å²) in [5.41, 5.74) is 7.61. The summed E-state index contributed by atoms with van der Waals surface area (Å²) in [4.78, 5) is 30.9. The van der Waals surface area contributed by atoms with Crippen LogP contribution in [-0.4, -0.2) is 40.0 Å². The van der Waals surface area contributed by atoms with E-state index in [1.165, 1.54) is 10.9 Å². The number of fused-ring (bicyclic) bond motifs is 1. The van der Waals surface area contributed by atoms with Crippen LogP contribution in [0, 0.1) is 12.8 Å². The van der Waals surface area contributed by atoms with E-state index in [0.717, 1.165) is 17.5 Å². The number of hydrogen-bond donors (Lipinski definition) is 1. The molecule has 2 rings (SSSR count). The monoisotopic (exact) mass is 344 g/mol. The van der Waals surface area contributed by atoms with Crippen LogP contribution in [0.5, 0.6) is 0 Å². The molecule has 0 saturated heterocycles.